The number of anilines is 1. The molecule has 0 aliphatic rings. The zero-order chi connectivity index (χ0) is 26.5. The number of rotatable bonds is 10. The lowest BCUT2D eigenvalue weighted by Crippen LogP contribution is -2.36. The van der Waals surface area contributed by atoms with E-state index in [9.17, 15) is 30.7 Å². The van der Waals surface area contributed by atoms with E-state index in [0.29, 0.717) is 17.2 Å². The number of hydrogen-bond acceptors (Lipinski definition) is 4. The van der Waals surface area contributed by atoms with Crippen LogP contribution in [0.4, 0.5) is 36.4 Å². The molecule has 0 bridgehead atoms. The molecule has 0 N–H and O–H groups in total. The molecule has 0 aromatic heterocycles. The number of halogens is 7. The lowest BCUT2D eigenvalue weighted by atomic mass is 10.1. The Morgan fingerprint density at radius 1 is 0.750 bits per heavy atom. The molecule has 0 aliphatic heterocycles. The second-order valence-corrected chi connectivity index (χ2v) is 7.73. The van der Waals surface area contributed by atoms with Gasteiger partial charge in [-0.25, -0.2) is 0 Å². The molecule has 3 aromatic carbocycles. The molecule has 3 rings (SSSR count). The summed E-state index contributed by atoms with van der Waals surface area (Å²) in [6, 6.07) is 19.5. The molecular formula is C25H22F7NO3. The Hall–Kier alpha value is -3.47. The van der Waals surface area contributed by atoms with Crippen molar-refractivity contribution < 1.29 is 44.9 Å². The van der Waals surface area contributed by atoms with E-state index >= 15 is 0 Å². The molecule has 11 heteroatoms. The summed E-state index contributed by atoms with van der Waals surface area (Å²) in [6.45, 7) is 0.793. The van der Waals surface area contributed by atoms with E-state index in [0.717, 1.165) is 19.1 Å². The van der Waals surface area contributed by atoms with Gasteiger partial charge in [-0.3, -0.25) is 0 Å². The first-order valence-electron chi connectivity index (χ1n) is 10.6. The molecule has 0 heterocycles. The van der Waals surface area contributed by atoms with Crippen LogP contribution in [0.25, 0.3) is 0 Å². The van der Waals surface area contributed by atoms with Crippen LogP contribution in [0.5, 0.6) is 17.2 Å². The summed E-state index contributed by atoms with van der Waals surface area (Å²) >= 11 is 0. The minimum atomic E-state index is -4.79. The van der Waals surface area contributed by atoms with E-state index < -0.39 is 36.8 Å². The first kappa shape index (κ1) is 27.1. The fourth-order valence-electron chi connectivity index (χ4n) is 3.12. The third-order valence-electron chi connectivity index (χ3n) is 5.00. The molecule has 194 valence electrons. The SMILES string of the molecule is CC(O[C@H](c1cccc(OC(F)(F)C(F)F)c1)N(C)c1cccc(Oc2ccccc2)c1)C(F)(F)F. The van der Waals surface area contributed by atoms with Crippen LogP contribution in [0, 0.1) is 0 Å². The van der Waals surface area contributed by atoms with Gasteiger partial charge in [0, 0.05) is 24.4 Å². The number of para-hydroxylation sites is 1. The minimum absolute atomic E-state index is 0.0365. The van der Waals surface area contributed by atoms with E-state index in [1.807, 2.05) is 0 Å². The molecule has 0 spiro atoms. The fourth-order valence-corrected chi connectivity index (χ4v) is 3.12. The maximum absolute atomic E-state index is 13.4. The quantitative estimate of drug-likeness (QED) is 0.203. The third kappa shape index (κ3) is 7.03. The lowest BCUT2D eigenvalue weighted by Gasteiger charge is -2.33. The van der Waals surface area contributed by atoms with Gasteiger partial charge in [-0.1, -0.05) is 36.4 Å². The molecule has 2 atom stereocenters. The zero-order valence-electron chi connectivity index (χ0n) is 19.1. The lowest BCUT2D eigenvalue weighted by molar-refractivity contribution is -0.253. The predicted molar refractivity (Wildman–Crippen MR) is 119 cm³/mol. The highest BCUT2D eigenvalue weighted by Gasteiger charge is 2.44. The maximum Gasteiger partial charge on any atom is 0.461 e. The molecule has 0 fully saturated rings. The van der Waals surface area contributed by atoms with E-state index in [-0.39, 0.29) is 5.56 Å². The first-order valence-corrected chi connectivity index (χ1v) is 10.6. The van der Waals surface area contributed by atoms with Crippen LogP contribution < -0.4 is 14.4 Å². The van der Waals surface area contributed by atoms with E-state index in [2.05, 4.69) is 4.74 Å². The van der Waals surface area contributed by atoms with Gasteiger partial charge < -0.3 is 19.1 Å². The van der Waals surface area contributed by atoms with Gasteiger partial charge in [-0.05, 0) is 43.3 Å². The average molecular weight is 517 g/mol. The molecule has 36 heavy (non-hydrogen) atoms. The van der Waals surface area contributed by atoms with Crippen LogP contribution >= 0.6 is 0 Å². The van der Waals surface area contributed by atoms with Crippen LogP contribution in [0.15, 0.2) is 78.9 Å². The smallest absolute Gasteiger partial charge is 0.457 e. The summed E-state index contributed by atoms with van der Waals surface area (Å²) in [5, 5.41) is 0. The number of ether oxygens (including phenoxy) is 3. The van der Waals surface area contributed by atoms with Crippen molar-refractivity contribution >= 4 is 5.69 Å². The summed E-state index contributed by atoms with van der Waals surface area (Å²) in [5.74, 6) is 0.239. The van der Waals surface area contributed by atoms with Crippen molar-refractivity contribution in [3.05, 3.63) is 84.4 Å². The number of nitrogens with zero attached hydrogens (tertiary/aromatic N) is 1. The Balaban J connectivity index is 1.94. The summed E-state index contributed by atoms with van der Waals surface area (Å²) in [6.07, 6.45) is -17.3. The highest BCUT2D eigenvalue weighted by atomic mass is 19.4. The standard InChI is InChI=1S/C25H22F7NO3/c1-16(24(28,29)30)34-22(17-8-6-13-21(14-17)36-25(31,32)23(26)27)33(2)18-9-7-12-20(15-18)35-19-10-4-3-5-11-19/h3-16,22-23H,1-2H3/t16?,22-/m1/s1. The molecule has 0 aliphatic carbocycles. The average Bonchev–Trinajstić information content (AvgIpc) is 2.82. The molecule has 0 saturated heterocycles. The van der Waals surface area contributed by atoms with Gasteiger partial charge in [0.05, 0.1) is 0 Å². The van der Waals surface area contributed by atoms with Gasteiger partial charge in [0.15, 0.2) is 12.3 Å². The van der Waals surface area contributed by atoms with E-state index in [4.69, 9.17) is 9.47 Å². The largest absolute Gasteiger partial charge is 0.461 e. The van der Waals surface area contributed by atoms with Crippen molar-refractivity contribution in [2.24, 2.45) is 0 Å². The van der Waals surface area contributed by atoms with Crippen molar-refractivity contribution in [3.63, 3.8) is 0 Å². The molecule has 0 saturated carbocycles. The molecule has 4 nitrogen and oxygen atoms in total. The van der Waals surface area contributed by atoms with Crippen LogP contribution in [0.2, 0.25) is 0 Å². The van der Waals surface area contributed by atoms with Crippen molar-refractivity contribution in [2.45, 2.75) is 38.0 Å². The van der Waals surface area contributed by atoms with Gasteiger partial charge in [0.25, 0.3) is 0 Å². The number of alkyl halides is 7. The first-order chi connectivity index (χ1) is 16.9. The van der Waals surface area contributed by atoms with Gasteiger partial charge in [0.2, 0.25) is 0 Å². The van der Waals surface area contributed by atoms with Gasteiger partial charge >= 0.3 is 18.7 Å². The second-order valence-electron chi connectivity index (χ2n) is 7.73. The normalized spacial score (nSPS) is 13.8. The van der Waals surface area contributed by atoms with Crippen molar-refractivity contribution in [1.82, 2.24) is 0 Å². The monoisotopic (exact) mass is 517 g/mol. The second kappa shape index (κ2) is 11.1. The van der Waals surface area contributed by atoms with Crippen molar-refractivity contribution in [3.8, 4) is 17.2 Å². The van der Waals surface area contributed by atoms with Crippen LogP contribution in [-0.4, -0.2) is 31.9 Å². The van der Waals surface area contributed by atoms with Gasteiger partial charge in [-0.2, -0.15) is 30.7 Å². The Kier molecular flexibility index (Phi) is 8.34. The molecule has 0 radical (unpaired) electrons. The Morgan fingerprint density at radius 2 is 1.36 bits per heavy atom. The van der Waals surface area contributed by atoms with Crippen molar-refractivity contribution in [2.75, 3.05) is 11.9 Å². The highest BCUT2D eigenvalue weighted by molar-refractivity contribution is 5.52. The summed E-state index contributed by atoms with van der Waals surface area (Å²) < 4.78 is 107. The van der Waals surface area contributed by atoms with Crippen LogP contribution in [-0.2, 0) is 4.74 Å². The summed E-state index contributed by atoms with van der Waals surface area (Å²) in [7, 11) is 1.43. The van der Waals surface area contributed by atoms with E-state index in [1.165, 1.54) is 24.1 Å². The molecule has 0 amide bonds. The fraction of sp³-hybridized carbons (Fsp3) is 0.280. The highest BCUT2D eigenvalue weighted by Crippen LogP contribution is 2.36. The van der Waals surface area contributed by atoms with Gasteiger partial charge in [0.1, 0.15) is 17.2 Å². The van der Waals surface area contributed by atoms with E-state index in [1.54, 1.807) is 54.6 Å². The Morgan fingerprint density at radius 3 is 2.00 bits per heavy atom. The minimum Gasteiger partial charge on any atom is -0.457 e. The van der Waals surface area contributed by atoms with Gasteiger partial charge in [-0.15, -0.1) is 0 Å². The molecular weight excluding hydrogens is 495 g/mol. The van der Waals surface area contributed by atoms with Crippen LogP contribution in [0.1, 0.15) is 18.7 Å². The molecule has 3 aromatic rings. The Labute approximate surface area is 202 Å². The number of hydrogen-bond donors (Lipinski definition) is 0. The Bertz CT molecular complexity index is 1130. The third-order valence-corrected chi connectivity index (χ3v) is 5.00. The molecule has 1 unspecified atom stereocenters. The number of benzene rings is 3. The predicted octanol–water partition coefficient (Wildman–Crippen LogP) is 7.82. The topological polar surface area (TPSA) is 30.9 Å². The zero-order valence-corrected chi connectivity index (χ0v) is 19.1. The van der Waals surface area contributed by atoms with Crippen molar-refractivity contribution in [1.29, 1.82) is 0 Å². The summed E-state index contributed by atoms with van der Waals surface area (Å²) in [5.41, 5.74) is 0.331. The summed E-state index contributed by atoms with van der Waals surface area (Å²) in [4.78, 5) is 1.32. The maximum atomic E-state index is 13.4. The van der Waals surface area contributed by atoms with Crippen LogP contribution in [0.3, 0.4) is 0 Å².